The minimum Gasteiger partial charge on any atom is -0.485 e. The third-order valence-corrected chi connectivity index (χ3v) is 6.49. The summed E-state index contributed by atoms with van der Waals surface area (Å²) in [5.41, 5.74) is 1.88. The first-order valence-electron chi connectivity index (χ1n) is 11.6. The summed E-state index contributed by atoms with van der Waals surface area (Å²) in [6.07, 6.45) is 4.04. The zero-order chi connectivity index (χ0) is 24.2. The Bertz CT molecular complexity index is 1270. The lowest BCUT2D eigenvalue weighted by atomic mass is 10.0. The number of benzene rings is 2. The van der Waals surface area contributed by atoms with Crippen LogP contribution in [0.3, 0.4) is 0 Å². The molecule has 0 aliphatic carbocycles. The maximum absolute atomic E-state index is 13.5. The number of H-pyrrole nitrogens is 1. The van der Waals surface area contributed by atoms with Gasteiger partial charge in [0.15, 0.2) is 6.61 Å². The summed E-state index contributed by atoms with van der Waals surface area (Å²) in [7, 11) is 1.84. The van der Waals surface area contributed by atoms with Crippen LogP contribution in [0.25, 0.3) is 10.8 Å². The van der Waals surface area contributed by atoms with Gasteiger partial charge in [-0.25, -0.2) is 0 Å². The van der Waals surface area contributed by atoms with Gasteiger partial charge in [0, 0.05) is 37.5 Å². The minimum absolute atomic E-state index is 0.00145. The van der Waals surface area contributed by atoms with Crippen molar-refractivity contribution >= 4 is 16.7 Å². The molecule has 5 rings (SSSR count). The van der Waals surface area contributed by atoms with Gasteiger partial charge < -0.3 is 19.2 Å². The lowest BCUT2D eigenvalue weighted by Gasteiger charge is -2.32. The van der Waals surface area contributed by atoms with Gasteiger partial charge in [0.25, 0.3) is 0 Å². The highest BCUT2D eigenvalue weighted by Crippen LogP contribution is 2.28. The van der Waals surface area contributed by atoms with Crippen LogP contribution >= 0.6 is 0 Å². The van der Waals surface area contributed by atoms with Crippen molar-refractivity contribution in [1.29, 1.82) is 0 Å². The number of aromatic amines is 1. The number of rotatable bonds is 9. The topological polar surface area (TPSA) is 121 Å². The van der Waals surface area contributed by atoms with Gasteiger partial charge in [-0.15, -0.1) is 10.2 Å². The number of aromatic nitrogens is 4. The van der Waals surface area contributed by atoms with Crippen molar-refractivity contribution in [2.75, 3.05) is 26.7 Å². The van der Waals surface area contributed by atoms with Crippen LogP contribution in [0.2, 0.25) is 0 Å². The van der Waals surface area contributed by atoms with E-state index in [1.165, 1.54) is 0 Å². The summed E-state index contributed by atoms with van der Waals surface area (Å²) in [4.78, 5) is 17.5. The van der Waals surface area contributed by atoms with Crippen LogP contribution in [-0.4, -0.2) is 74.2 Å². The molecule has 1 aliphatic rings. The molecule has 35 heavy (non-hydrogen) atoms. The fourth-order valence-corrected chi connectivity index (χ4v) is 4.55. The summed E-state index contributed by atoms with van der Waals surface area (Å²) < 4.78 is 11.2. The fourth-order valence-electron chi connectivity index (χ4n) is 4.55. The number of aliphatic hydroxyl groups is 1. The van der Waals surface area contributed by atoms with E-state index in [4.69, 9.17) is 9.15 Å². The molecule has 2 aromatic heterocycles. The molecule has 2 aromatic carbocycles. The number of β-amino-alcohol motifs (C(OH)–C–C–N with tert-alkyl or cyclic N) is 1. The Morgan fingerprint density at radius 2 is 2.20 bits per heavy atom. The van der Waals surface area contributed by atoms with E-state index in [-0.39, 0.29) is 31.1 Å². The second kappa shape index (κ2) is 10.2. The molecule has 1 fully saturated rings. The first kappa shape index (κ1) is 23.0. The number of likely N-dealkylation sites (tertiary alicyclic amines) is 1. The molecule has 1 saturated heterocycles. The van der Waals surface area contributed by atoms with Gasteiger partial charge in [0.1, 0.15) is 5.75 Å². The molecule has 0 bridgehead atoms. The van der Waals surface area contributed by atoms with Crippen molar-refractivity contribution in [2.45, 2.75) is 31.6 Å². The third kappa shape index (κ3) is 5.33. The minimum atomic E-state index is -0.333. The quantitative estimate of drug-likeness (QED) is 0.378. The largest absolute Gasteiger partial charge is 0.485 e. The van der Waals surface area contributed by atoms with Crippen LogP contribution in [-0.2, 0) is 17.8 Å². The zero-order valence-electron chi connectivity index (χ0n) is 19.5. The van der Waals surface area contributed by atoms with Gasteiger partial charge in [-0.05, 0) is 29.7 Å². The van der Waals surface area contributed by atoms with Gasteiger partial charge in [-0.2, -0.15) is 5.21 Å². The Hall–Kier alpha value is -3.76. The lowest BCUT2D eigenvalue weighted by molar-refractivity contribution is -0.131. The van der Waals surface area contributed by atoms with Crippen LogP contribution in [0, 0.1) is 0 Å². The lowest BCUT2D eigenvalue weighted by Crippen LogP contribution is -2.39. The molecule has 1 aliphatic heterocycles. The van der Waals surface area contributed by atoms with E-state index in [0.29, 0.717) is 24.7 Å². The SMILES string of the molecule is CN(C(=O)Cc1cccc2cocc12)C(CN1CCC(O)C1)c1cccc(OCc2nn[nH]n2)c1. The van der Waals surface area contributed by atoms with Gasteiger partial charge >= 0.3 is 0 Å². The number of furan rings is 1. The fraction of sp³-hybridized carbons (Fsp3) is 0.360. The predicted molar refractivity (Wildman–Crippen MR) is 127 cm³/mol. The van der Waals surface area contributed by atoms with Gasteiger partial charge in [0.2, 0.25) is 11.7 Å². The maximum atomic E-state index is 13.5. The average molecular weight is 477 g/mol. The molecule has 2 N–H and O–H groups in total. The number of fused-ring (bicyclic) bond motifs is 1. The molecule has 4 aromatic rings. The highest BCUT2D eigenvalue weighted by molar-refractivity contribution is 5.89. The van der Waals surface area contributed by atoms with Crippen LogP contribution in [0.5, 0.6) is 5.75 Å². The number of nitrogens with zero attached hydrogens (tertiary/aromatic N) is 5. The van der Waals surface area contributed by atoms with Crippen LogP contribution in [0.1, 0.15) is 29.4 Å². The summed E-state index contributed by atoms with van der Waals surface area (Å²) >= 11 is 0. The Kier molecular flexibility index (Phi) is 6.73. The second-order valence-electron chi connectivity index (χ2n) is 8.88. The van der Waals surface area contributed by atoms with E-state index in [9.17, 15) is 9.90 Å². The number of nitrogens with one attached hydrogen (secondary N) is 1. The normalized spacial score (nSPS) is 17.0. The number of aliphatic hydroxyl groups excluding tert-OH is 1. The molecule has 0 radical (unpaired) electrons. The molecule has 10 heteroatoms. The third-order valence-electron chi connectivity index (χ3n) is 6.49. The number of carbonyl (C=O) groups is 1. The number of likely N-dealkylation sites (N-methyl/N-ethyl adjacent to an activating group) is 1. The number of tetrazole rings is 1. The predicted octanol–water partition coefficient (Wildman–Crippen LogP) is 2.33. The Labute approximate surface area is 202 Å². The average Bonchev–Trinajstić information content (AvgIpc) is 3.63. The van der Waals surface area contributed by atoms with E-state index in [1.54, 1.807) is 17.4 Å². The van der Waals surface area contributed by atoms with E-state index >= 15 is 0 Å². The molecule has 2 atom stereocenters. The number of amides is 1. The smallest absolute Gasteiger partial charge is 0.227 e. The second-order valence-corrected chi connectivity index (χ2v) is 8.88. The number of carbonyl (C=O) groups excluding carboxylic acids is 1. The highest BCUT2D eigenvalue weighted by Gasteiger charge is 2.28. The summed E-state index contributed by atoms with van der Waals surface area (Å²) in [5, 5.41) is 25.7. The first-order valence-corrected chi connectivity index (χ1v) is 11.6. The van der Waals surface area contributed by atoms with Crippen molar-refractivity contribution in [3.63, 3.8) is 0 Å². The maximum Gasteiger partial charge on any atom is 0.227 e. The van der Waals surface area contributed by atoms with Gasteiger partial charge in [-0.3, -0.25) is 9.69 Å². The van der Waals surface area contributed by atoms with Crippen LogP contribution < -0.4 is 4.74 Å². The Balaban J connectivity index is 1.36. The first-order chi connectivity index (χ1) is 17.1. The molecule has 3 heterocycles. The van der Waals surface area contributed by atoms with E-state index in [2.05, 4.69) is 25.5 Å². The standard InChI is InChI=1S/C25H28N6O4/c1-30(25(33)11-17-4-2-6-19-14-34-15-22(17)19)23(13-31-9-8-20(32)12-31)18-5-3-7-21(10-18)35-16-24-26-28-29-27-24/h2-7,10,14-15,20,23,32H,8-9,11-13,16H2,1H3,(H,26,27,28,29). The summed E-state index contributed by atoms with van der Waals surface area (Å²) in [6.45, 7) is 2.19. The van der Waals surface area contributed by atoms with Crippen molar-refractivity contribution in [3.8, 4) is 5.75 Å². The van der Waals surface area contributed by atoms with Crippen LogP contribution in [0.4, 0.5) is 0 Å². The highest BCUT2D eigenvalue weighted by atomic mass is 16.5. The van der Waals surface area contributed by atoms with Crippen molar-refractivity contribution in [1.82, 2.24) is 30.4 Å². The molecule has 182 valence electrons. The summed E-state index contributed by atoms with van der Waals surface area (Å²) in [6, 6.07) is 13.4. The Morgan fingerprint density at radius 1 is 1.31 bits per heavy atom. The molecule has 0 saturated carbocycles. The molecule has 10 nitrogen and oxygen atoms in total. The van der Waals surface area contributed by atoms with E-state index in [0.717, 1.165) is 34.9 Å². The van der Waals surface area contributed by atoms with Crippen LogP contribution in [0.15, 0.2) is 59.4 Å². The molecular formula is C25H28N6O4. The van der Waals surface area contributed by atoms with Crippen molar-refractivity contribution in [3.05, 3.63) is 71.9 Å². The monoisotopic (exact) mass is 476 g/mol. The van der Waals surface area contributed by atoms with Gasteiger partial charge in [-0.1, -0.05) is 35.5 Å². The van der Waals surface area contributed by atoms with Gasteiger partial charge in [0.05, 0.1) is 31.1 Å². The number of hydrogen-bond donors (Lipinski definition) is 2. The summed E-state index contributed by atoms with van der Waals surface area (Å²) in [5.74, 6) is 1.11. The van der Waals surface area contributed by atoms with E-state index < -0.39 is 0 Å². The molecule has 0 spiro atoms. The number of hydrogen-bond acceptors (Lipinski definition) is 8. The van der Waals surface area contributed by atoms with Crippen molar-refractivity contribution < 1.29 is 19.1 Å². The Morgan fingerprint density at radius 3 is 3.00 bits per heavy atom. The molecule has 1 amide bonds. The molecular weight excluding hydrogens is 448 g/mol. The van der Waals surface area contributed by atoms with E-state index in [1.807, 2.05) is 49.5 Å². The zero-order valence-corrected chi connectivity index (χ0v) is 19.5. The molecule has 2 unspecified atom stereocenters. The van der Waals surface area contributed by atoms with Crippen molar-refractivity contribution in [2.24, 2.45) is 0 Å². The number of ether oxygens (including phenoxy) is 1.